The molecule has 0 aliphatic heterocycles. The first-order chi connectivity index (χ1) is 11.7. The molecule has 1 aromatic rings. The molecule has 0 aliphatic carbocycles. The van der Waals surface area contributed by atoms with Crippen molar-refractivity contribution in [2.75, 3.05) is 6.61 Å². The maximum Gasteiger partial charge on any atom is 0.285 e. The van der Waals surface area contributed by atoms with Crippen LogP contribution in [0.1, 0.15) is 45.6 Å². The van der Waals surface area contributed by atoms with Gasteiger partial charge in [0.2, 0.25) is 5.90 Å². The number of ether oxygens (including phenoxy) is 1. The van der Waals surface area contributed by atoms with Crippen molar-refractivity contribution in [1.82, 2.24) is 0 Å². The van der Waals surface area contributed by atoms with Crippen LogP contribution in [0.4, 0.5) is 0 Å². The van der Waals surface area contributed by atoms with E-state index >= 15 is 0 Å². The van der Waals surface area contributed by atoms with E-state index in [1.807, 2.05) is 13.8 Å². The molecule has 138 valence electrons. The number of nitrogens with zero attached hydrogens (tertiary/aromatic N) is 1. The van der Waals surface area contributed by atoms with Crippen molar-refractivity contribution >= 4 is 37.6 Å². The lowest BCUT2D eigenvalue weighted by Gasteiger charge is -2.10. The molecule has 1 aromatic carbocycles. The molecule has 0 fully saturated rings. The van der Waals surface area contributed by atoms with E-state index in [4.69, 9.17) is 4.74 Å². The van der Waals surface area contributed by atoms with Crippen LogP contribution in [0.3, 0.4) is 0 Å². The van der Waals surface area contributed by atoms with Crippen molar-refractivity contribution in [3.63, 3.8) is 0 Å². The third-order valence-corrected chi connectivity index (χ3v) is 5.77. The number of Topliss-reactive ketones (excluding diaryl/α,β-unsaturated/α-hetero) is 1. The standard InChI is InChI=1S/C18H24BrNO4S/c1-5-7-8-16(21)17(19)14(4)18(24-6-2)20-25(22,23)15-11-9-13(3)10-12-15/h9-12H,5-8H2,1-4H3/b17-14+,20-18+. The fourth-order valence-corrected chi connectivity index (χ4v) is 3.32. The molecule has 0 saturated carbocycles. The second-order valence-corrected chi connectivity index (χ2v) is 7.98. The Labute approximate surface area is 158 Å². The van der Waals surface area contributed by atoms with E-state index in [0.717, 1.165) is 18.4 Å². The zero-order chi connectivity index (χ0) is 19.0. The summed E-state index contributed by atoms with van der Waals surface area (Å²) in [5, 5.41) is 0. The number of sulfonamides is 1. The molecule has 1 rings (SSSR count). The number of hydrogen-bond donors (Lipinski definition) is 0. The molecule has 0 spiro atoms. The van der Waals surface area contributed by atoms with E-state index in [-0.39, 0.29) is 23.2 Å². The maximum absolute atomic E-state index is 12.5. The average Bonchev–Trinajstić information content (AvgIpc) is 2.58. The first kappa shape index (κ1) is 21.6. The average molecular weight is 430 g/mol. The number of halogens is 1. The van der Waals surface area contributed by atoms with Gasteiger partial charge in [-0.15, -0.1) is 4.40 Å². The third kappa shape index (κ3) is 6.40. The van der Waals surface area contributed by atoms with Gasteiger partial charge in [0, 0.05) is 12.0 Å². The van der Waals surface area contributed by atoms with Crippen LogP contribution < -0.4 is 0 Å². The number of hydrogen-bond acceptors (Lipinski definition) is 4. The van der Waals surface area contributed by atoms with Crippen LogP contribution in [0.25, 0.3) is 0 Å². The second kappa shape index (κ2) is 9.87. The number of ketones is 1. The molecule has 0 saturated heterocycles. The quantitative estimate of drug-likeness (QED) is 0.345. The minimum absolute atomic E-state index is 0.0696. The molecule has 0 aromatic heterocycles. The highest BCUT2D eigenvalue weighted by molar-refractivity contribution is 9.12. The maximum atomic E-state index is 12.5. The number of benzene rings is 1. The Bertz CT molecular complexity index is 765. The normalized spacial score (nSPS) is 13.4. The van der Waals surface area contributed by atoms with Crippen molar-refractivity contribution in [3.8, 4) is 0 Å². The predicted octanol–water partition coefficient (Wildman–Crippen LogP) is 4.55. The van der Waals surface area contributed by atoms with Gasteiger partial charge >= 0.3 is 0 Å². The number of carbonyl (C=O) groups excluding carboxylic acids is 1. The molecule has 0 bridgehead atoms. The highest BCUT2D eigenvalue weighted by atomic mass is 79.9. The van der Waals surface area contributed by atoms with Gasteiger partial charge in [0.05, 0.1) is 16.0 Å². The summed E-state index contributed by atoms with van der Waals surface area (Å²) in [5.74, 6) is -0.167. The summed E-state index contributed by atoms with van der Waals surface area (Å²) < 4.78 is 34.5. The van der Waals surface area contributed by atoms with Crippen LogP contribution in [0.2, 0.25) is 0 Å². The molecule has 0 N–H and O–H groups in total. The van der Waals surface area contributed by atoms with Gasteiger partial charge in [0.1, 0.15) is 0 Å². The Morgan fingerprint density at radius 1 is 1.20 bits per heavy atom. The number of allylic oxidation sites excluding steroid dienone is 1. The van der Waals surface area contributed by atoms with E-state index in [2.05, 4.69) is 20.3 Å². The van der Waals surface area contributed by atoms with Gasteiger partial charge in [-0.05, 0) is 55.3 Å². The third-order valence-electron chi connectivity index (χ3n) is 3.46. The molecule has 0 unspecified atom stereocenters. The number of carbonyl (C=O) groups is 1. The van der Waals surface area contributed by atoms with Gasteiger partial charge in [-0.2, -0.15) is 8.42 Å². The summed E-state index contributed by atoms with van der Waals surface area (Å²) in [5.41, 5.74) is 1.33. The van der Waals surface area contributed by atoms with Crippen LogP contribution in [0.15, 0.2) is 43.6 Å². The monoisotopic (exact) mass is 429 g/mol. The molecule has 0 aliphatic rings. The first-order valence-corrected chi connectivity index (χ1v) is 10.4. The van der Waals surface area contributed by atoms with Crippen molar-refractivity contribution < 1.29 is 17.9 Å². The van der Waals surface area contributed by atoms with E-state index in [1.165, 1.54) is 12.1 Å². The van der Waals surface area contributed by atoms with E-state index < -0.39 is 10.0 Å². The Morgan fingerprint density at radius 3 is 2.32 bits per heavy atom. The Kier molecular flexibility index (Phi) is 8.52. The van der Waals surface area contributed by atoms with Crippen molar-refractivity contribution in [2.24, 2.45) is 4.40 Å². The van der Waals surface area contributed by atoms with Crippen LogP contribution >= 0.6 is 15.9 Å². The van der Waals surface area contributed by atoms with E-state index in [9.17, 15) is 13.2 Å². The van der Waals surface area contributed by atoms with Crippen LogP contribution in [-0.4, -0.2) is 26.7 Å². The largest absolute Gasteiger partial charge is 0.477 e. The van der Waals surface area contributed by atoms with Gasteiger partial charge in [-0.25, -0.2) is 0 Å². The number of aryl methyl sites for hydroxylation is 1. The second-order valence-electron chi connectivity index (χ2n) is 5.58. The number of unbranched alkanes of at least 4 members (excludes halogenated alkanes) is 1. The molecule has 0 atom stereocenters. The molecule has 0 heterocycles. The highest BCUT2D eigenvalue weighted by Gasteiger charge is 2.19. The lowest BCUT2D eigenvalue weighted by atomic mass is 10.1. The van der Waals surface area contributed by atoms with Crippen molar-refractivity contribution in [1.29, 1.82) is 0 Å². The van der Waals surface area contributed by atoms with Gasteiger partial charge in [-0.1, -0.05) is 31.0 Å². The Balaban J connectivity index is 3.26. The molecular weight excluding hydrogens is 406 g/mol. The summed E-state index contributed by atoms with van der Waals surface area (Å²) in [7, 11) is -3.92. The topological polar surface area (TPSA) is 72.8 Å². The summed E-state index contributed by atoms with van der Waals surface area (Å²) in [6, 6.07) is 6.40. The minimum Gasteiger partial charge on any atom is -0.477 e. The minimum atomic E-state index is -3.92. The Hall–Kier alpha value is -1.47. The lowest BCUT2D eigenvalue weighted by molar-refractivity contribution is -0.115. The fourth-order valence-electron chi connectivity index (χ4n) is 1.96. The van der Waals surface area contributed by atoms with Crippen LogP contribution in [0, 0.1) is 6.92 Å². The summed E-state index contributed by atoms with van der Waals surface area (Å²) in [6.07, 6.45) is 2.06. The number of rotatable bonds is 8. The smallest absolute Gasteiger partial charge is 0.285 e. The van der Waals surface area contributed by atoms with Gasteiger partial charge < -0.3 is 4.74 Å². The molecule has 5 nitrogen and oxygen atoms in total. The Morgan fingerprint density at radius 2 is 1.80 bits per heavy atom. The van der Waals surface area contributed by atoms with Crippen molar-refractivity contribution in [3.05, 3.63) is 39.9 Å². The molecule has 7 heteroatoms. The van der Waals surface area contributed by atoms with Gasteiger partial charge in [0.15, 0.2) is 5.78 Å². The van der Waals surface area contributed by atoms with Gasteiger partial charge in [0.25, 0.3) is 10.0 Å². The predicted molar refractivity (Wildman–Crippen MR) is 104 cm³/mol. The first-order valence-electron chi connectivity index (χ1n) is 8.17. The highest BCUT2D eigenvalue weighted by Crippen LogP contribution is 2.21. The summed E-state index contributed by atoms with van der Waals surface area (Å²) >= 11 is 3.26. The van der Waals surface area contributed by atoms with Crippen LogP contribution in [0.5, 0.6) is 0 Å². The molecule has 0 radical (unpaired) electrons. The fraction of sp³-hybridized carbons (Fsp3) is 0.444. The molecule has 25 heavy (non-hydrogen) atoms. The summed E-state index contributed by atoms with van der Waals surface area (Å²) in [6.45, 7) is 7.46. The summed E-state index contributed by atoms with van der Waals surface area (Å²) in [4.78, 5) is 12.2. The zero-order valence-corrected chi connectivity index (χ0v) is 17.4. The van der Waals surface area contributed by atoms with E-state index in [0.29, 0.717) is 16.5 Å². The molecule has 0 amide bonds. The zero-order valence-electron chi connectivity index (χ0n) is 15.0. The van der Waals surface area contributed by atoms with Crippen LogP contribution in [-0.2, 0) is 19.6 Å². The van der Waals surface area contributed by atoms with Crippen molar-refractivity contribution in [2.45, 2.75) is 51.9 Å². The molecular formula is C18H24BrNO4S. The van der Waals surface area contributed by atoms with Gasteiger partial charge in [-0.3, -0.25) is 4.79 Å². The lowest BCUT2D eigenvalue weighted by Crippen LogP contribution is -2.13. The van der Waals surface area contributed by atoms with E-state index in [1.54, 1.807) is 26.0 Å². The SMILES string of the molecule is CCCCC(=O)/C(Br)=C(C)\C(=N/S(=O)(=O)c1ccc(C)cc1)OCC.